The molecule has 0 heterocycles. The van der Waals surface area contributed by atoms with Gasteiger partial charge in [-0.2, -0.15) is 0 Å². The zero-order chi connectivity index (χ0) is 14.0. The molecular weight excluding hydrogens is 276 g/mol. The summed E-state index contributed by atoms with van der Waals surface area (Å²) in [6, 6.07) is 7.33. The van der Waals surface area contributed by atoms with Gasteiger partial charge in [-0.25, -0.2) is 8.78 Å². The summed E-state index contributed by atoms with van der Waals surface area (Å²) >= 11 is 0.665. The van der Waals surface area contributed by atoms with Crippen molar-refractivity contribution in [2.45, 2.75) is 9.79 Å². The van der Waals surface area contributed by atoms with Crippen LogP contribution in [-0.2, 0) is 0 Å². The number of benzene rings is 2. The number of nitro groups is 1. The summed E-state index contributed by atoms with van der Waals surface area (Å²) in [4.78, 5) is 9.44. The fraction of sp³-hybridized carbons (Fsp3) is 0. The minimum atomic E-state index is -1.04. The molecular formula is C12H7F2NO3S. The molecule has 0 bridgehead atoms. The lowest BCUT2D eigenvalue weighted by Gasteiger charge is -2.06. The van der Waals surface area contributed by atoms with E-state index in [1.165, 1.54) is 12.1 Å². The molecule has 4 nitrogen and oxygen atoms in total. The normalized spacial score (nSPS) is 10.4. The number of phenolic OH excluding ortho intramolecular Hbond substituents is 1. The Morgan fingerprint density at radius 2 is 1.74 bits per heavy atom. The third-order valence-electron chi connectivity index (χ3n) is 2.27. The molecule has 2 aromatic carbocycles. The molecule has 0 atom stereocenters. The van der Waals surface area contributed by atoms with Gasteiger partial charge in [0, 0.05) is 0 Å². The van der Waals surface area contributed by atoms with Gasteiger partial charge in [-0.15, -0.1) is 0 Å². The van der Waals surface area contributed by atoms with E-state index < -0.39 is 27.1 Å². The molecule has 0 amide bonds. The van der Waals surface area contributed by atoms with Crippen LogP contribution in [0.25, 0.3) is 0 Å². The average molecular weight is 283 g/mol. The lowest BCUT2D eigenvalue weighted by atomic mass is 10.3. The second-order valence-electron chi connectivity index (χ2n) is 3.57. The number of phenols is 1. The fourth-order valence-corrected chi connectivity index (χ4v) is 2.25. The Balaban J connectivity index is 2.42. The van der Waals surface area contributed by atoms with Crippen molar-refractivity contribution in [1.29, 1.82) is 0 Å². The summed E-state index contributed by atoms with van der Waals surface area (Å²) in [6.07, 6.45) is 0. The van der Waals surface area contributed by atoms with Gasteiger partial charge in [0.2, 0.25) is 0 Å². The fourth-order valence-electron chi connectivity index (χ4n) is 1.40. The third kappa shape index (κ3) is 2.82. The van der Waals surface area contributed by atoms with Gasteiger partial charge in [-0.05, 0) is 12.1 Å². The number of para-hydroxylation sites is 1. The lowest BCUT2D eigenvalue weighted by Crippen LogP contribution is -1.94. The first-order valence-electron chi connectivity index (χ1n) is 5.08. The van der Waals surface area contributed by atoms with E-state index in [1.54, 1.807) is 12.1 Å². The first-order chi connectivity index (χ1) is 8.99. The molecule has 19 heavy (non-hydrogen) atoms. The number of non-ortho nitro benzene ring substituents is 1. The van der Waals surface area contributed by atoms with Crippen LogP contribution in [-0.4, -0.2) is 10.0 Å². The van der Waals surface area contributed by atoms with Crippen LogP contribution in [0.3, 0.4) is 0 Å². The van der Waals surface area contributed by atoms with Gasteiger partial charge in [0.25, 0.3) is 5.69 Å². The number of halogens is 2. The SMILES string of the molecule is O=[N+]([O-])c1cc(F)c(Sc2ccccc2O)c(F)c1. The molecule has 7 heteroatoms. The maximum absolute atomic E-state index is 13.6. The third-order valence-corrected chi connectivity index (χ3v) is 3.43. The highest BCUT2D eigenvalue weighted by Gasteiger charge is 2.18. The summed E-state index contributed by atoms with van der Waals surface area (Å²) in [7, 11) is 0. The summed E-state index contributed by atoms with van der Waals surface area (Å²) < 4.78 is 27.3. The predicted octanol–water partition coefficient (Wildman–Crippen LogP) is 3.73. The molecule has 0 aromatic heterocycles. The van der Waals surface area contributed by atoms with Crippen LogP contribution in [0.5, 0.6) is 5.75 Å². The molecule has 0 fully saturated rings. The van der Waals surface area contributed by atoms with Gasteiger partial charge in [-0.1, -0.05) is 23.9 Å². The van der Waals surface area contributed by atoms with E-state index >= 15 is 0 Å². The molecule has 0 spiro atoms. The van der Waals surface area contributed by atoms with Crippen molar-refractivity contribution in [3.63, 3.8) is 0 Å². The van der Waals surface area contributed by atoms with Gasteiger partial charge in [0.1, 0.15) is 17.4 Å². The zero-order valence-corrected chi connectivity index (χ0v) is 10.2. The van der Waals surface area contributed by atoms with E-state index in [0.717, 1.165) is 0 Å². The van der Waals surface area contributed by atoms with Crippen LogP contribution in [0.15, 0.2) is 46.2 Å². The first kappa shape index (κ1) is 13.3. The molecule has 2 rings (SSSR count). The Hall–Kier alpha value is -2.15. The average Bonchev–Trinajstić information content (AvgIpc) is 2.35. The number of nitrogens with zero attached hydrogens (tertiary/aromatic N) is 1. The Bertz CT molecular complexity index is 626. The number of rotatable bonds is 3. The summed E-state index contributed by atoms with van der Waals surface area (Å²) in [5.41, 5.74) is -0.656. The summed E-state index contributed by atoms with van der Waals surface area (Å²) in [5.74, 6) is -2.20. The lowest BCUT2D eigenvalue weighted by molar-refractivity contribution is -0.385. The molecule has 1 N–H and O–H groups in total. The van der Waals surface area contributed by atoms with Gasteiger partial charge in [0.05, 0.1) is 26.8 Å². The maximum atomic E-state index is 13.6. The molecule has 0 aliphatic rings. The Morgan fingerprint density at radius 1 is 1.16 bits per heavy atom. The summed E-state index contributed by atoms with van der Waals surface area (Å²) in [5, 5.41) is 20.0. The van der Waals surface area contributed by atoms with Crippen molar-refractivity contribution in [1.82, 2.24) is 0 Å². The maximum Gasteiger partial charge on any atom is 0.275 e. The van der Waals surface area contributed by atoms with Crippen molar-refractivity contribution in [3.05, 3.63) is 58.1 Å². The Kier molecular flexibility index (Phi) is 3.66. The summed E-state index contributed by atoms with van der Waals surface area (Å²) in [6.45, 7) is 0. The van der Waals surface area contributed by atoms with Gasteiger partial charge < -0.3 is 5.11 Å². The Morgan fingerprint density at radius 3 is 2.26 bits per heavy atom. The topological polar surface area (TPSA) is 63.4 Å². The van der Waals surface area contributed by atoms with E-state index in [4.69, 9.17) is 0 Å². The smallest absolute Gasteiger partial charge is 0.275 e. The van der Waals surface area contributed by atoms with Gasteiger partial charge in [-0.3, -0.25) is 10.1 Å². The van der Waals surface area contributed by atoms with Crippen molar-refractivity contribution in [2.24, 2.45) is 0 Å². The standard InChI is InChI=1S/C12H7F2NO3S/c13-8-5-7(15(17)18)6-9(14)12(8)19-11-4-2-1-3-10(11)16/h1-6,16H. The minimum absolute atomic E-state index is 0.121. The first-order valence-corrected chi connectivity index (χ1v) is 5.90. The van der Waals surface area contributed by atoms with Crippen LogP contribution in [0.1, 0.15) is 0 Å². The van der Waals surface area contributed by atoms with E-state index in [1.807, 2.05) is 0 Å². The number of nitro benzene ring substituents is 1. The highest BCUT2D eigenvalue weighted by molar-refractivity contribution is 7.99. The van der Waals surface area contributed by atoms with Crippen LogP contribution in [0, 0.1) is 21.7 Å². The predicted molar refractivity (Wildman–Crippen MR) is 65.2 cm³/mol. The van der Waals surface area contributed by atoms with Crippen molar-refractivity contribution in [2.75, 3.05) is 0 Å². The second-order valence-corrected chi connectivity index (χ2v) is 4.62. The van der Waals surface area contributed by atoms with E-state index in [2.05, 4.69) is 0 Å². The van der Waals surface area contributed by atoms with Crippen molar-refractivity contribution in [3.8, 4) is 5.75 Å². The largest absolute Gasteiger partial charge is 0.507 e. The molecule has 98 valence electrons. The molecule has 0 aliphatic carbocycles. The second kappa shape index (κ2) is 5.23. The van der Waals surface area contributed by atoms with Crippen LogP contribution in [0.4, 0.5) is 14.5 Å². The molecule has 0 radical (unpaired) electrons. The number of hydrogen-bond donors (Lipinski definition) is 1. The van der Waals surface area contributed by atoms with E-state index in [-0.39, 0.29) is 10.6 Å². The van der Waals surface area contributed by atoms with Crippen molar-refractivity contribution >= 4 is 17.4 Å². The van der Waals surface area contributed by atoms with Gasteiger partial charge in [0.15, 0.2) is 0 Å². The van der Waals surface area contributed by atoms with E-state index in [0.29, 0.717) is 23.9 Å². The monoisotopic (exact) mass is 283 g/mol. The van der Waals surface area contributed by atoms with E-state index in [9.17, 15) is 24.0 Å². The number of hydrogen-bond acceptors (Lipinski definition) is 4. The van der Waals surface area contributed by atoms with Gasteiger partial charge >= 0.3 is 0 Å². The zero-order valence-electron chi connectivity index (χ0n) is 9.34. The number of aromatic hydroxyl groups is 1. The van der Waals surface area contributed by atoms with Crippen LogP contribution in [0.2, 0.25) is 0 Å². The van der Waals surface area contributed by atoms with Crippen LogP contribution < -0.4 is 0 Å². The Labute approximate surface area is 110 Å². The van der Waals surface area contributed by atoms with Crippen LogP contribution >= 0.6 is 11.8 Å². The molecule has 0 saturated carbocycles. The van der Waals surface area contributed by atoms with Crippen molar-refractivity contribution < 1.29 is 18.8 Å². The molecule has 0 saturated heterocycles. The molecule has 2 aromatic rings. The minimum Gasteiger partial charge on any atom is -0.507 e. The molecule has 0 unspecified atom stereocenters. The highest BCUT2D eigenvalue weighted by atomic mass is 32.2. The molecule has 0 aliphatic heterocycles. The quantitative estimate of drug-likeness (QED) is 0.688. The highest BCUT2D eigenvalue weighted by Crippen LogP contribution is 2.38.